The molecule has 0 saturated carbocycles. The summed E-state index contributed by atoms with van der Waals surface area (Å²) in [5, 5.41) is 23.4. The summed E-state index contributed by atoms with van der Waals surface area (Å²) in [6.45, 7) is 3.94. The van der Waals surface area contributed by atoms with Crippen molar-refractivity contribution in [2.75, 3.05) is 11.9 Å². The third-order valence-corrected chi connectivity index (χ3v) is 7.43. The zero-order valence-electron chi connectivity index (χ0n) is 20.8. The van der Waals surface area contributed by atoms with E-state index < -0.39 is 26.7 Å². The van der Waals surface area contributed by atoms with Crippen molar-refractivity contribution < 1.29 is 27.6 Å². The summed E-state index contributed by atoms with van der Waals surface area (Å²) in [7, 11) is -4.62. The molecule has 0 fully saturated rings. The van der Waals surface area contributed by atoms with Crippen molar-refractivity contribution in [3.8, 4) is 11.5 Å². The van der Waals surface area contributed by atoms with Crippen LogP contribution in [-0.2, 0) is 16.5 Å². The van der Waals surface area contributed by atoms with Crippen LogP contribution in [0.15, 0.2) is 75.8 Å². The van der Waals surface area contributed by atoms with E-state index in [9.17, 15) is 22.9 Å². The van der Waals surface area contributed by atoms with Gasteiger partial charge < -0.3 is 15.2 Å². The first-order valence-electron chi connectivity index (χ1n) is 11.7. The normalized spacial score (nSPS) is 11.7. The number of carbonyl (C=O) groups excluding carboxylic acids is 1. The zero-order chi connectivity index (χ0) is 28.3. The highest BCUT2D eigenvalue weighted by molar-refractivity contribution is 7.86. The van der Waals surface area contributed by atoms with Crippen LogP contribution < -0.4 is 10.1 Å². The lowest BCUT2D eigenvalue weighted by atomic mass is 10.0. The Balaban J connectivity index is 1.83. The number of ether oxygens (including phenoxy) is 1. The fourth-order valence-electron chi connectivity index (χ4n) is 3.93. The number of halogens is 2. The maximum absolute atomic E-state index is 13.3. The van der Waals surface area contributed by atoms with E-state index in [1.807, 2.05) is 6.92 Å². The van der Waals surface area contributed by atoms with Gasteiger partial charge in [-0.1, -0.05) is 60.5 Å². The number of nitrogens with zero attached hydrogens (tertiary/aromatic N) is 2. The van der Waals surface area contributed by atoms with Gasteiger partial charge in [0.2, 0.25) is 0 Å². The van der Waals surface area contributed by atoms with Crippen LogP contribution in [-0.4, -0.2) is 30.6 Å². The molecule has 0 heterocycles. The Hall–Kier alpha value is -3.70. The van der Waals surface area contributed by atoms with Crippen LogP contribution >= 0.6 is 23.2 Å². The summed E-state index contributed by atoms with van der Waals surface area (Å²) in [6.07, 6.45) is 0.429. The molecule has 4 aromatic rings. The summed E-state index contributed by atoms with van der Waals surface area (Å²) in [6, 6.07) is 15.8. The lowest BCUT2D eigenvalue weighted by molar-refractivity contribution is 0.102. The molecule has 4 rings (SSSR count). The molecule has 9 nitrogen and oxygen atoms in total. The lowest BCUT2D eigenvalue weighted by Gasteiger charge is -2.14. The minimum absolute atomic E-state index is 0.00940. The lowest BCUT2D eigenvalue weighted by Crippen LogP contribution is -2.13. The molecule has 0 unspecified atom stereocenters. The van der Waals surface area contributed by atoms with E-state index >= 15 is 0 Å². The predicted octanol–water partition coefficient (Wildman–Crippen LogP) is 7.73. The van der Waals surface area contributed by atoms with E-state index in [1.54, 1.807) is 49.4 Å². The predicted molar refractivity (Wildman–Crippen MR) is 151 cm³/mol. The number of aromatic hydroxyl groups is 1. The minimum Gasteiger partial charge on any atom is -0.505 e. The maximum Gasteiger partial charge on any atom is 0.296 e. The number of fused-ring (bicyclic) bond motifs is 1. The van der Waals surface area contributed by atoms with Crippen LogP contribution in [0.3, 0.4) is 0 Å². The van der Waals surface area contributed by atoms with Gasteiger partial charge in [-0.2, -0.15) is 8.42 Å². The van der Waals surface area contributed by atoms with Crippen LogP contribution in [0, 0.1) is 0 Å². The smallest absolute Gasteiger partial charge is 0.296 e. The number of nitrogens with one attached hydrogen (secondary N) is 1. The highest BCUT2D eigenvalue weighted by atomic mass is 35.5. The molecule has 0 aliphatic heterocycles. The topological polar surface area (TPSA) is 138 Å². The first-order valence-corrected chi connectivity index (χ1v) is 13.9. The van der Waals surface area contributed by atoms with Crippen LogP contribution in [0.2, 0.25) is 10.0 Å². The molecule has 0 aromatic heterocycles. The standard InChI is InChI=1S/C27H23Cl2N3O6S/c1-3-15-9-12-22(39(35,36)37)23(29)24(15)31-32-25-18-8-6-5-7-16(18)13-19(26(25)33)27(34)30-20-11-10-17(28)14-21(20)38-4-2/h5-14,33H,3-4H2,1-2H3,(H,30,34)(H,35,36,37). The van der Waals surface area contributed by atoms with Gasteiger partial charge in [-0.15, -0.1) is 10.2 Å². The van der Waals surface area contributed by atoms with Gasteiger partial charge in [0.15, 0.2) is 5.75 Å². The number of anilines is 1. The quantitative estimate of drug-likeness (QED) is 0.142. The molecule has 1 amide bonds. The number of phenols is 1. The Morgan fingerprint density at radius 3 is 2.41 bits per heavy atom. The molecule has 3 N–H and O–H groups in total. The molecule has 0 aliphatic rings. The van der Waals surface area contributed by atoms with Crippen LogP contribution in [0.25, 0.3) is 10.8 Å². The minimum atomic E-state index is -4.62. The molecular weight excluding hydrogens is 565 g/mol. The third-order valence-electron chi connectivity index (χ3n) is 5.80. The van der Waals surface area contributed by atoms with E-state index in [1.165, 1.54) is 18.2 Å². The van der Waals surface area contributed by atoms with Gasteiger partial charge in [0.1, 0.15) is 22.0 Å². The number of amides is 1. The van der Waals surface area contributed by atoms with Gasteiger partial charge in [0.25, 0.3) is 16.0 Å². The van der Waals surface area contributed by atoms with Gasteiger partial charge in [0, 0.05) is 16.5 Å². The van der Waals surface area contributed by atoms with Gasteiger partial charge >= 0.3 is 0 Å². The maximum atomic E-state index is 13.3. The molecule has 0 aliphatic carbocycles. The summed E-state index contributed by atoms with van der Waals surface area (Å²) < 4.78 is 38.6. The van der Waals surface area contributed by atoms with Gasteiger partial charge in [-0.25, -0.2) is 0 Å². The highest BCUT2D eigenvalue weighted by Gasteiger charge is 2.22. The van der Waals surface area contributed by atoms with E-state index in [2.05, 4.69) is 15.5 Å². The molecule has 202 valence electrons. The summed E-state index contributed by atoms with van der Waals surface area (Å²) >= 11 is 12.3. The second kappa shape index (κ2) is 11.6. The number of aryl methyl sites for hydroxylation is 1. The van der Waals surface area contributed by atoms with Crippen molar-refractivity contribution in [1.29, 1.82) is 0 Å². The number of rotatable bonds is 8. The van der Waals surface area contributed by atoms with Gasteiger partial charge in [-0.05, 0) is 48.6 Å². The Kier molecular flexibility index (Phi) is 8.41. The van der Waals surface area contributed by atoms with E-state index in [4.69, 9.17) is 27.9 Å². The van der Waals surface area contributed by atoms with Crippen molar-refractivity contribution in [1.82, 2.24) is 0 Å². The zero-order valence-corrected chi connectivity index (χ0v) is 23.1. The Morgan fingerprint density at radius 2 is 1.72 bits per heavy atom. The number of azo groups is 1. The SMILES string of the molecule is CCOc1cc(Cl)ccc1NC(=O)c1cc2ccccc2c(N=Nc2c(CC)ccc(S(=O)(=O)O)c2Cl)c1O. The van der Waals surface area contributed by atoms with Crippen molar-refractivity contribution >= 4 is 67.1 Å². The van der Waals surface area contributed by atoms with Crippen LogP contribution in [0.5, 0.6) is 11.5 Å². The first-order chi connectivity index (χ1) is 18.5. The third kappa shape index (κ3) is 5.99. The number of hydrogen-bond donors (Lipinski definition) is 3. The molecule has 0 spiro atoms. The van der Waals surface area contributed by atoms with E-state index in [-0.39, 0.29) is 22.0 Å². The summed E-state index contributed by atoms with van der Waals surface area (Å²) in [5.41, 5.74) is 0.793. The van der Waals surface area contributed by atoms with Crippen LogP contribution in [0.4, 0.5) is 17.1 Å². The van der Waals surface area contributed by atoms with Crippen molar-refractivity contribution in [3.63, 3.8) is 0 Å². The molecule has 4 aromatic carbocycles. The van der Waals surface area contributed by atoms with E-state index in [0.29, 0.717) is 45.8 Å². The average molecular weight is 588 g/mol. The number of carbonyl (C=O) groups is 1. The molecule has 0 saturated heterocycles. The summed E-state index contributed by atoms with van der Waals surface area (Å²) in [4.78, 5) is 12.8. The van der Waals surface area contributed by atoms with Crippen molar-refractivity contribution in [2.24, 2.45) is 10.2 Å². The Morgan fingerprint density at radius 1 is 1.00 bits per heavy atom. The number of phenolic OH excluding ortho intramolecular Hbond substituents is 1. The second-order valence-corrected chi connectivity index (χ2v) is 10.5. The van der Waals surface area contributed by atoms with Gasteiger partial charge in [-0.3, -0.25) is 9.35 Å². The number of hydrogen-bond acceptors (Lipinski definition) is 7. The second-order valence-electron chi connectivity index (χ2n) is 8.28. The summed E-state index contributed by atoms with van der Waals surface area (Å²) in [5.74, 6) is -0.736. The fraction of sp³-hybridized carbons (Fsp3) is 0.148. The van der Waals surface area contributed by atoms with Crippen molar-refractivity contribution in [3.05, 3.63) is 81.8 Å². The fourth-order valence-corrected chi connectivity index (χ4v) is 5.17. The molecule has 0 bridgehead atoms. The van der Waals surface area contributed by atoms with Gasteiger partial charge in [0.05, 0.1) is 22.9 Å². The van der Waals surface area contributed by atoms with E-state index in [0.717, 1.165) is 0 Å². The Labute approximate surface area is 234 Å². The largest absolute Gasteiger partial charge is 0.505 e. The monoisotopic (exact) mass is 587 g/mol. The molecule has 39 heavy (non-hydrogen) atoms. The average Bonchev–Trinajstić information content (AvgIpc) is 2.89. The first kappa shape index (κ1) is 28.3. The molecule has 0 radical (unpaired) electrons. The highest BCUT2D eigenvalue weighted by Crippen LogP contribution is 2.42. The van der Waals surface area contributed by atoms with Crippen LogP contribution in [0.1, 0.15) is 29.8 Å². The molecule has 0 atom stereocenters. The molecular formula is C27H23Cl2N3O6S. The Bertz CT molecular complexity index is 1720. The number of benzene rings is 4. The van der Waals surface area contributed by atoms with Crippen molar-refractivity contribution in [2.45, 2.75) is 25.2 Å². The molecule has 12 heteroatoms.